The molecule has 0 saturated carbocycles. The largest absolute Gasteiger partial charge is 0.350 e. The highest BCUT2D eigenvalue weighted by Crippen LogP contribution is 2.26. The molecule has 2 fully saturated rings. The fraction of sp³-hybridized carbons (Fsp3) is 0.267. The minimum atomic E-state index is -0.541. The van der Waals surface area contributed by atoms with Crippen LogP contribution in [0.5, 0.6) is 0 Å². The quantitative estimate of drug-likeness (QED) is 0.823. The van der Waals surface area contributed by atoms with Gasteiger partial charge in [0.15, 0.2) is 0 Å². The summed E-state index contributed by atoms with van der Waals surface area (Å²) in [5.41, 5.74) is 3.40. The zero-order valence-corrected chi connectivity index (χ0v) is 12.8. The second-order valence-electron chi connectivity index (χ2n) is 5.66. The minimum Gasteiger partial charge on any atom is -0.350 e. The van der Waals surface area contributed by atoms with Crippen LogP contribution in [0.15, 0.2) is 24.3 Å². The van der Waals surface area contributed by atoms with E-state index in [-0.39, 0.29) is 11.6 Å². The topological polar surface area (TPSA) is 85.5 Å². The highest BCUT2D eigenvalue weighted by Gasteiger charge is 2.48. The number of rotatable bonds is 2. The molecule has 0 bridgehead atoms. The lowest BCUT2D eigenvalue weighted by molar-refractivity contribution is -0.129. The van der Waals surface area contributed by atoms with Gasteiger partial charge in [-0.05, 0) is 37.1 Å². The number of nitrogens with one attached hydrogen (secondary N) is 2. The SMILES string of the molecule is O=C(NN1C(=O)[C@@H]2CCCN2C1=O)c1cc2cc(Cl)ccc2[nH]1. The number of amides is 4. The normalized spacial score (nSPS) is 20.5. The summed E-state index contributed by atoms with van der Waals surface area (Å²) < 4.78 is 0. The predicted octanol–water partition coefficient (Wildman–Crippen LogP) is 1.89. The van der Waals surface area contributed by atoms with E-state index in [1.807, 2.05) is 0 Å². The summed E-state index contributed by atoms with van der Waals surface area (Å²) >= 11 is 5.92. The second kappa shape index (κ2) is 4.99. The molecule has 2 aromatic rings. The van der Waals surface area contributed by atoms with E-state index in [2.05, 4.69) is 10.4 Å². The number of fused-ring (bicyclic) bond motifs is 2. The number of halogens is 1. The van der Waals surface area contributed by atoms with Crippen molar-refractivity contribution in [3.63, 3.8) is 0 Å². The number of aromatic amines is 1. The number of nitrogens with zero attached hydrogens (tertiary/aromatic N) is 2. The van der Waals surface area contributed by atoms with Crippen LogP contribution in [0.1, 0.15) is 23.3 Å². The standard InChI is InChI=1S/C15H13ClN4O3/c16-9-3-4-10-8(6-9)7-11(17-10)13(21)18-20-14(22)12-2-1-5-19(12)15(20)23/h3-4,6-7,12,17H,1-2,5H2,(H,18,21)/t12-/m0/s1. The maximum Gasteiger partial charge on any atom is 0.346 e. The van der Waals surface area contributed by atoms with E-state index in [1.54, 1.807) is 24.3 Å². The molecule has 0 spiro atoms. The van der Waals surface area contributed by atoms with Crippen molar-refractivity contribution in [2.75, 3.05) is 6.54 Å². The van der Waals surface area contributed by atoms with Crippen LogP contribution >= 0.6 is 11.6 Å². The van der Waals surface area contributed by atoms with E-state index in [0.29, 0.717) is 18.0 Å². The van der Waals surface area contributed by atoms with Crippen molar-refractivity contribution in [1.82, 2.24) is 20.3 Å². The Morgan fingerprint density at radius 3 is 2.91 bits per heavy atom. The Hall–Kier alpha value is -2.54. The molecule has 2 aliphatic heterocycles. The van der Waals surface area contributed by atoms with Crippen LogP contribution < -0.4 is 5.43 Å². The van der Waals surface area contributed by atoms with Crippen molar-refractivity contribution in [3.8, 4) is 0 Å². The molecule has 2 N–H and O–H groups in total. The Balaban J connectivity index is 1.57. The third kappa shape index (κ3) is 2.16. The summed E-state index contributed by atoms with van der Waals surface area (Å²) in [5, 5.41) is 2.15. The van der Waals surface area contributed by atoms with Gasteiger partial charge in [-0.2, -0.15) is 5.01 Å². The van der Waals surface area contributed by atoms with Gasteiger partial charge in [0.25, 0.3) is 11.8 Å². The lowest BCUT2D eigenvalue weighted by atomic mass is 10.2. The second-order valence-corrected chi connectivity index (χ2v) is 6.10. The van der Waals surface area contributed by atoms with Gasteiger partial charge in [-0.25, -0.2) is 4.79 Å². The van der Waals surface area contributed by atoms with Crippen molar-refractivity contribution in [1.29, 1.82) is 0 Å². The van der Waals surface area contributed by atoms with E-state index in [4.69, 9.17) is 11.6 Å². The molecular weight excluding hydrogens is 320 g/mol. The monoisotopic (exact) mass is 332 g/mol. The molecule has 0 aliphatic carbocycles. The number of hydrazine groups is 1. The van der Waals surface area contributed by atoms with Gasteiger partial charge in [-0.1, -0.05) is 11.6 Å². The first-order valence-electron chi connectivity index (χ1n) is 7.28. The molecule has 23 heavy (non-hydrogen) atoms. The Morgan fingerprint density at radius 2 is 2.13 bits per heavy atom. The van der Waals surface area contributed by atoms with E-state index >= 15 is 0 Å². The zero-order valence-electron chi connectivity index (χ0n) is 12.0. The molecule has 1 atom stereocenters. The maximum absolute atomic E-state index is 12.3. The first-order valence-corrected chi connectivity index (χ1v) is 7.66. The van der Waals surface area contributed by atoms with Gasteiger partial charge in [0.2, 0.25) is 0 Å². The van der Waals surface area contributed by atoms with Crippen molar-refractivity contribution >= 4 is 40.3 Å². The Labute approximate surface area is 136 Å². The van der Waals surface area contributed by atoms with Gasteiger partial charge in [-0.15, -0.1) is 0 Å². The zero-order chi connectivity index (χ0) is 16.1. The Morgan fingerprint density at radius 1 is 1.30 bits per heavy atom. The Bertz CT molecular complexity index is 824. The predicted molar refractivity (Wildman–Crippen MR) is 82.7 cm³/mol. The molecule has 2 aliphatic rings. The van der Waals surface area contributed by atoms with Crippen LogP contribution in [-0.4, -0.2) is 45.3 Å². The summed E-state index contributed by atoms with van der Waals surface area (Å²) in [6.45, 7) is 0.548. The molecule has 4 rings (SSSR count). The van der Waals surface area contributed by atoms with Crippen LogP contribution in [0, 0.1) is 0 Å². The first-order chi connectivity index (χ1) is 11.0. The Kier molecular flexibility index (Phi) is 3.05. The number of H-pyrrole nitrogens is 1. The van der Waals surface area contributed by atoms with Gasteiger partial charge in [0, 0.05) is 22.5 Å². The van der Waals surface area contributed by atoms with E-state index in [1.165, 1.54) is 4.90 Å². The van der Waals surface area contributed by atoms with E-state index in [0.717, 1.165) is 22.3 Å². The summed E-state index contributed by atoms with van der Waals surface area (Å²) in [6.07, 6.45) is 1.45. The average Bonchev–Trinajstić information content (AvgIpc) is 3.20. The number of carbonyl (C=O) groups excluding carboxylic acids is 3. The summed E-state index contributed by atoms with van der Waals surface area (Å²) in [5.74, 6) is -0.916. The molecule has 118 valence electrons. The van der Waals surface area contributed by atoms with Crippen LogP contribution in [0.3, 0.4) is 0 Å². The fourth-order valence-corrected chi connectivity index (χ4v) is 3.30. The highest BCUT2D eigenvalue weighted by atomic mass is 35.5. The number of imide groups is 1. The van der Waals surface area contributed by atoms with Gasteiger partial charge in [-0.3, -0.25) is 15.0 Å². The van der Waals surface area contributed by atoms with Gasteiger partial charge in [0.1, 0.15) is 11.7 Å². The smallest absolute Gasteiger partial charge is 0.346 e. The first kappa shape index (κ1) is 14.1. The number of urea groups is 1. The molecule has 0 radical (unpaired) electrons. The third-order valence-corrected chi connectivity index (χ3v) is 4.47. The van der Waals surface area contributed by atoms with Gasteiger partial charge in [0.05, 0.1) is 0 Å². The van der Waals surface area contributed by atoms with Crippen molar-refractivity contribution < 1.29 is 14.4 Å². The molecule has 8 heteroatoms. The van der Waals surface area contributed by atoms with Crippen molar-refractivity contribution in [3.05, 3.63) is 35.0 Å². The molecule has 4 amide bonds. The lowest BCUT2D eigenvalue weighted by Gasteiger charge is -2.15. The lowest BCUT2D eigenvalue weighted by Crippen LogP contribution is -2.47. The fourth-order valence-electron chi connectivity index (χ4n) is 3.11. The summed E-state index contributed by atoms with van der Waals surface area (Å²) in [4.78, 5) is 41.1. The summed E-state index contributed by atoms with van der Waals surface area (Å²) in [6, 6.07) is 5.92. The van der Waals surface area contributed by atoms with Gasteiger partial charge < -0.3 is 9.88 Å². The summed E-state index contributed by atoms with van der Waals surface area (Å²) in [7, 11) is 0. The number of carbonyl (C=O) groups is 3. The van der Waals surface area contributed by atoms with Crippen LogP contribution in [0.4, 0.5) is 4.79 Å². The van der Waals surface area contributed by atoms with E-state index in [9.17, 15) is 14.4 Å². The van der Waals surface area contributed by atoms with Crippen molar-refractivity contribution in [2.24, 2.45) is 0 Å². The number of aromatic nitrogens is 1. The minimum absolute atomic E-state index is 0.259. The van der Waals surface area contributed by atoms with E-state index < -0.39 is 18.0 Å². The molecule has 2 saturated heterocycles. The number of hydrogen-bond acceptors (Lipinski definition) is 3. The molecule has 1 aromatic carbocycles. The van der Waals surface area contributed by atoms with Crippen LogP contribution in [0.2, 0.25) is 5.02 Å². The average molecular weight is 333 g/mol. The molecule has 7 nitrogen and oxygen atoms in total. The molecule has 0 unspecified atom stereocenters. The number of hydrogen-bond donors (Lipinski definition) is 2. The molecule has 3 heterocycles. The van der Waals surface area contributed by atoms with Crippen LogP contribution in [0.25, 0.3) is 10.9 Å². The van der Waals surface area contributed by atoms with Crippen LogP contribution in [-0.2, 0) is 4.79 Å². The highest BCUT2D eigenvalue weighted by molar-refractivity contribution is 6.31. The van der Waals surface area contributed by atoms with Crippen molar-refractivity contribution in [2.45, 2.75) is 18.9 Å². The number of benzene rings is 1. The molecule has 1 aromatic heterocycles. The third-order valence-electron chi connectivity index (χ3n) is 4.24. The van der Waals surface area contributed by atoms with Gasteiger partial charge >= 0.3 is 6.03 Å². The maximum atomic E-state index is 12.3. The molecular formula is C15H13ClN4O3.